The summed E-state index contributed by atoms with van der Waals surface area (Å²) in [6.07, 6.45) is 0.198. The fourth-order valence-electron chi connectivity index (χ4n) is 2.27. The van der Waals surface area contributed by atoms with Gasteiger partial charge in [-0.3, -0.25) is 4.79 Å². The van der Waals surface area contributed by atoms with Crippen LogP contribution in [0.4, 0.5) is 5.69 Å². The highest BCUT2D eigenvalue weighted by Gasteiger charge is 2.22. The van der Waals surface area contributed by atoms with Crippen molar-refractivity contribution in [3.05, 3.63) is 54.1 Å². The molecule has 1 amide bonds. The lowest BCUT2D eigenvalue weighted by molar-refractivity contribution is -0.116. The van der Waals surface area contributed by atoms with E-state index in [0.29, 0.717) is 5.69 Å². The van der Waals surface area contributed by atoms with E-state index in [1.807, 2.05) is 45.0 Å². The van der Waals surface area contributed by atoms with Gasteiger partial charge in [-0.15, -0.1) is 0 Å². The number of ether oxygens (including phenoxy) is 1. The summed E-state index contributed by atoms with van der Waals surface area (Å²) in [6, 6.07) is 13.6. The van der Waals surface area contributed by atoms with Crippen molar-refractivity contribution in [2.45, 2.75) is 38.1 Å². The molecule has 27 heavy (non-hydrogen) atoms. The van der Waals surface area contributed by atoms with Gasteiger partial charge in [-0.05, 0) is 57.2 Å². The molecular weight excluding hydrogens is 364 g/mol. The van der Waals surface area contributed by atoms with Crippen LogP contribution in [0.3, 0.4) is 0 Å². The smallest absolute Gasteiger partial charge is 0.243 e. The molecule has 0 atom stereocenters. The quantitative estimate of drug-likeness (QED) is 0.749. The Hall–Kier alpha value is -2.38. The van der Waals surface area contributed by atoms with Gasteiger partial charge >= 0.3 is 0 Å². The third kappa shape index (κ3) is 5.80. The van der Waals surface area contributed by atoms with Gasteiger partial charge in [0.15, 0.2) is 0 Å². The number of hydrogen-bond donors (Lipinski definition) is 1. The number of carbonyl (C=O) groups is 1. The van der Waals surface area contributed by atoms with Gasteiger partial charge in [-0.2, -0.15) is 4.31 Å². The number of carbonyl (C=O) groups excluding carboxylic acids is 1. The molecule has 2 aromatic carbocycles. The number of nitrogens with zero attached hydrogens (tertiary/aromatic N) is 1. The molecule has 0 aliphatic rings. The first-order valence-electron chi connectivity index (χ1n) is 8.77. The molecule has 2 rings (SSSR count). The van der Waals surface area contributed by atoms with E-state index in [0.717, 1.165) is 11.3 Å². The van der Waals surface area contributed by atoms with Crippen LogP contribution in [0.15, 0.2) is 53.4 Å². The molecule has 0 saturated carbocycles. The largest absolute Gasteiger partial charge is 0.493 e. The fourth-order valence-corrected chi connectivity index (χ4v) is 3.64. The predicted octanol–water partition coefficient (Wildman–Crippen LogP) is 3.43. The molecule has 0 heterocycles. The minimum atomic E-state index is -3.53. The summed E-state index contributed by atoms with van der Waals surface area (Å²) in [7, 11) is -1.99. The normalized spacial score (nSPS) is 11.6. The molecule has 1 N–H and O–H groups in total. The number of benzene rings is 2. The van der Waals surface area contributed by atoms with Gasteiger partial charge in [0.1, 0.15) is 5.75 Å². The maximum Gasteiger partial charge on any atom is 0.243 e. The molecular formula is C20H26N2O4S. The second-order valence-corrected chi connectivity index (χ2v) is 8.60. The molecule has 0 aliphatic heterocycles. The van der Waals surface area contributed by atoms with Gasteiger partial charge in [0, 0.05) is 18.8 Å². The van der Waals surface area contributed by atoms with E-state index in [4.69, 9.17) is 4.74 Å². The molecule has 146 valence electrons. The Bertz CT molecular complexity index is 860. The fraction of sp³-hybridized carbons (Fsp3) is 0.350. The van der Waals surface area contributed by atoms with E-state index in [1.54, 1.807) is 19.2 Å². The Labute approximate surface area is 161 Å². The zero-order chi connectivity index (χ0) is 20.0. The lowest BCUT2D eigenvalue weighted by Gasteiger charge is -2.21. The van der Waals surface area contributed by atoms with Gasteiger partial charge in [0.05, 0.1) is 17.9 Å². The van der Waals surface area contributed by atoms with E-state index in [2.05, 4.69) is 5.32 Å². The monoisotopic (exact) mass is 390 g/mol. The first kappa shape index (κ1) is 20.9. The summed E-state index contributed by atoms with van der Waals surface area (Å²) >= 11 is 0. The van der Waals surface area contributed by atoms with Crippen LogP contribution in [-0.4, -0.2) is 38.3 Å². The first-order chi connectivity index (χ1) is 12.7. The minimum absolute atomic E-state index is 0.136. The zero-order valence-electron chi connectivity index (χ0n) is 16.1. The Morgan fingerprint density at radius 1 is 1.07 bits per heavy atom. The van der Waals surface area contributed by atoms with E-state index < -0.39 is 10.0 Å². The summed E-state index contributed by atoms with van der Waals surface area (Å²) in [4.78, 5) is 12.2. The Morgan fingerprint density at radius 3 is 2.22 bits per heavy atom. The summed E-state index contributed by atoms with van der Waals surface area (Å²) in [5, 5.41) is 2.74. The van der Waals surface area contributed by atoms with Gasteiger partial charge in [-0.1, -0.05) is 17.7 Å². The molecule has 2 aromatic rings. The molecule has 0 unspecified atom stereocenters. The Morgan fingerprint density at radius 2 is 1.67 bits per heavy atom. The van der Waals surface area contributed by atoms with E-state index in [-0.39, 0.29) is 29.9 Å². The summed E-state index contributed by atoms with van der Waals surface area (Å²) in [5.74, 6) is 0.522. The van der Waals surface area contributed by atoms with Crippen molar-refractivity contribution in [1.82, 2.24) is 4.31 Å². The molecule has 0 radical (unpaired) electrons. The van der Waals surface area contributed by atoms with Crippen molar-refractivity contribution < 1.29 is 17.9 Å². The molecule has 6 nitrogen and oxygen atoms in total. The third-order valence-corrected chi connectivity index (χ3v) is 6.21. The first-order valence-corrected chi connectivity index (χ1v) is 10.2. The lowest BCUT2D eigenvalue weighted by atomic mass is 10.2. The van der Waals surface area contributed by atoms with Gasteiger partial charge in [0.2, 0.25) is 15.9 Å². The van der Waals surface area contributed by atoms with E-state index in [1.165, 1.54) is 16.4 Å². The van der Waals surface area contributed by atoms with Gasteiger partial charge < -0.3 is 10.1 Å². The number of hydrogen-bond acceptors (Lipinski definition) is 4. The number of rotatable bonds is 8. The summed E-state index contributed by atoms with van der Waals surface area (Å²) < 4.78 is 31.7. The van der Waals surface area contributed by atoms with Crippen LogP contribution in [-0.2, 0) is 14.8 Å². The van der Waals surface area contributed by atoms with Crippen molar-refractivity contribution in [3.8, 4) is 5.75 Å². The highest BCUT2D eigenvalue weighted by molar-refractivity contribution is 7.89. The van der Waals surface area contributed by atoms with Crippen molar-refractivity contribution in [2.75, 3.05) is 19.0 Å². The predicted molar refractivity (Wildman–Crippen MR) is 106 cm³/mol. The van der Waals surface area contributed by atoms with Crippen LogP contribution in [0.2, 0.25) is 0 Å². The van der Waals surface area contributed by atoms with Crippen molar-refractivity contribution in [1.29, 1.82) is 0 Å². The summed E-state index contributed by atoms with van der Waals surface area (Å²) in [6.45, 7) is 5.88. The van der Waals surface area contributed by atoms with E-state index in [9.17, 15) is 13.2 Å². The topological polar surface area (TPSA) is 75.7 Å². The molecule has 0 aromatic heterocycles. The second-order valence-electron chi connectivity index (χ2n) is 6.60. The van der Waals surface area contributed by atoms with Crippen LogP contribution < -0.4 is 10.1 Å². The molecule has 0 spiro atoms. The van der Waals surface area contributed by atoms with E-state index >= 15 is 0 Å². The average Bonchev–Trinajstić information content (AvgIpc) is 2.63. The molecule has 7 heteroatoms. The highest BCUT2D eigenvalue weighted by Crippen LogP contribution is 2.19. The number of anilines is 1. The lowest BCUT2D eigenvalue weighted by Crippen LogP contribution is -2.33. The van der Waals surface area contributed by atoms with Gasteiger partial charge in [0.25, 0.3) is 0 Å². The number of sulfonamides is 1. The molecule has 0 aliphatic carbocycles. The highest BCUT2D eigenvalue weighted by atomic mass is 32.2. The number of nitrogens with one attached hydrogen (secondary N) is 1. The number of aryl methyl sites for hydroxylation is 1. The van der Waals surface area contributed by atoms with Crippen LogP contribution in [0.5, 0.6) is 5.75 Å². The van der Waals surface area contributed by atoms with Crippen molar-refractivity contribution in [2.24, 2.45) is 0 Å². The van der Waals surface area contributed by atoms with Crippen LogP contribution >= 0.6 is 0 Å². The zero-order valence-corrected chi connectivity index (χ0v) is 16.9. The molecule has 0 saturated heterocycles. The SMILES string of the molecule is Cc1ccc(OCCC(=O)Nc2ccc(S(=O)(=O)N(C)C(C)C)cc2)cc1. The standard InChI is InChI=1S/C20H26N2O4S/c1-15(2)22(4)27(24,25)19-11-7-17(8-12-19)21-20(23)13-14-26-18-9-5-16(3)6-10-18/h5-12,15H,13-14H2,1-4H3,(H,21,23). The van der Waals surface area contributed by atoms with Crippen LogP contribution in [0.25, 0.3) is 0 Å². The summed E-state index contributed by atoms with van der Waals surface area (Å²) in [5.41, 5.74) is 1.69. The van der Waals surface area contributed by atoms with Crippen molar-refractivity contribution in [3.63, 3.8) is 0 Å². The Balaban J connectivity index is 1.88. The minimum Gasteiger partial charge on any atom is -0.493 e. The third-order valence-electron chi connectivity index (χ3n) is 4.16. The van der Waals surface area contributed by atoms with Crippen molar-refractivity contribution >= 4 is 21.6 Å². The maximum absolute atomic E-state index is 12.4. The second kappa shape index (κ2) is 9.01. The Kier molecular flexibility index (Phi) is 6.98. The average molecular weight is 391 g/mol. The van der Waals surface area contributed by atoms with Crippen LogP contribution in [0.1, 0.15) is 25.8 Å². The van der Waals surface area contributed by atoms with Gasteiger partial charge in [-0.25, -0.2) is 8.42 Å². The maximum atomic E-state index is 12.4. The number of amides is 1. The van der Waals surface area contributed by atoms with Crippen LogP contribution in [0, 0.1) is 6.92 Å². The molecule has 0 bridgehead atoms. The molecule has 0 fully saturated rings.